The summed E-state index contributed by atoms with van der Waals surface area (Å²) < 4.78 is 5.76. The molecule has 1 aromatic heterocycles. The summed E-state index contributed by atoms with van der Waals surface area (Å²) in [6.45, 7) is 5.14. The van der Waals surface area contributed by atoms with Gasteiger partial charge in [-0.3, -0.25) is 0 Å². The molecule has 1 unspecified atom stereocenters. The number of nitrogens with one attached hydrogen (secondary N) is 1. The van der Waals surface area contributed by atoms with Crippen LogP contribution in [-0.2, 0) is 6.42 Å². The molecule has 0 spiro atoms. The van der Waals surface area contributed by atoms with Gasteiger partial charge in [-0.15, -0.1) is 0 Å². The third-order valence-corrected chi connectivity index (χ3v) is 5.51. The summed E-state index contributed by atoms with van der Waals surface area (Å²) in [5, 5.41) is 3.89. The molecule has 0 amide bonds. The Kier molecular flexibility index (Phi) is 5.34. The summed E-state index contributed by atoms with van der Waals surface area (Å²) in [5.41, 5.74) is 2.76. The first-order valence-corrected chi connectivity index (χ1v) is 9.87. The lowest BCUT2D eigenvalue weighted by Gasteiger charge is -2.34. The van der Waals surface area contributed by atoms with E-state index in [1.807, 2.05) is 18.5 Å². The second-order valence-corrected chi connectivity index (χ2v) is 7.26. The third-order valence-electron chi connectivity index (χ3n) is 5.51. The van der Waals surface area contributed by atoms with Gasteiger partial charge < -0.3 is 15.0 Å². The van der Waals surface area contributed by atoms with Gasteiger partial charge in [-0.1, -0.05) is 19.1 Å². The van der Waals surface area contributed by atoms with E-state index < -0.39 is 0 Å². The Balaban J connectivity index is 1.37. The van der Waals surface area contributed by atoms with Crippen molar-refractivity contribution in [1.29, 1.82) is 0 Å². The van der Waals surface area contributed by atoms with Crippen LogP contribution in [-0.4, -0.2) is 35.7 Å². The Labute approximate surface area is 155 Å². The fourth-order valence-electron chi connectivity index (χ4n) is 4.03. The van der Waals surface area contributed by atoms with Crippen molar-refractivity contribution in [1.82, 2.24) is 15.3 Å². The van der Waals surface area contributed by atoms with Crippen LogP contribution < -0.4 is 15.0 Å². The maximum Gasteiger partial charge on any atom is 0.225 e. The number of aromatic nitrogens is 2. The van der Waals surface area contributed by atoms with Crippen LogP contribution in [0.25, 0.3) is 0 Å². The van der Waals surface area contributed by atoms with Crippen molar-refractivity contribution >= 4 is 5.95 Å². The maximum atomic E-state index is 5.76. The highest BCUT2D eigenvalue weighted by molar-refractivity contribution is 5.39. The SMILES string of the molecule is CCC(NC1CCN(c2ncccn2)CC1)c1ccc2c(c1)CCCO2. The number of ether oxygens (including phenoxy) is 1. The summed E-state index contributed by atoms with van der Waals surface area (Å²) in [4.78, 5) is 11.0. The van der Waals surface area contributed by atoms with E-state index in [4.69, 9.17) is 4.74 Å². The van der Waals surface area contributed by atoms with Gasteiger partial charge in [0, 0.05) is 37.6 Å². The van der Waals surface area contributed by atoms with Gasteiger partial charge in [0.05, 0.1) is 6.61 Å². The van der Waals surface area contributed by atoms with Gasteiger partial charge in [-0.2, -0.15) is 0 Å². The number of nitrogens with zero attached hydrogens (tertiary/aromatic N) is 3. The van der Waals surface area contributed by atoms with Crippen LogP contribution in [0.3, 0.4) is 0 Å². The molecule has 3 heterocycles. The highest BCUT2D eigenvalue weighted by Crippen LogP contribution is 2.29. The molecule has 2 aromatic rings. The topological polar surface area (TPSA) is 50.3 Å². The average Bonchev–Trinajstić information content (AvgIpc) is 2.73. The summed E-state index contributed by atoms with van der Waals surface area (Å²) in [6, 6.07) is 9.57. The first-order valence-electron chi connectivity index (χ1n) is 9.87. The van der Waals surface area contributed by atoms with Crippen LogP contribution in [0.15, 0.2) is 36.7 Å². The first kappa shape index (κ1) is 17.3. The van der Waals surface area contributed by atoms with Crippen LogP contribution in [0.2, 0.25) is 0 Å². The minimum absolute atomic E-state index is 0.409. The molecule has 26 heavy (non-hydrogen) atoms. The predicted octanol–water partition coefficient (Wildman–Crippen LogP) is 3.51. The zero-order valence-corrected chi connectivity index (χ0v) is 15.5. The van der Waals surface area contributed by atoms with E-state index in [9.17, 15) is 0 Å². The molecule has 1 aromatic carbocycles. The van der Waals surface area contributed by atoms with E-state index in [1.54, 1.807) is 0 Å². The van der Waals surface area contributed by atoms with Crippen LogP contribution in [0.4, 0.5) is 5.95 Å². The standard InChI is InChI=1S/C21H28N4O/c1-2-19(16-6-7-20-17(15-16)5-3-14-26-20)24-18-8-12-25(13-9-18)21-22-10-4-11-23-21/h4,6-7,10-11,15,18-19,24H,2-3,5,8-9,12-14H2,1H3. The Hall–Kier alpha value is -2.14. The van der Waals surface area contributed by atoms with Gasteiger partial charge >= 0.3 is 0 Å². The first-order chi connectivity index (χ1) is 12.8. The van der Waals surface area contributed by atoms with E-state index in [0.29, 0.717) is 12.1 Å². The van der Waals surface area contributed by atoms with Crippen LogP contribution in [0, 0.1) is 0 Å². The van der Waals surface area contributed by atoms with Gasteiger partial charge in [0.15, 0.2) is 0 Å². The molecular weight excluding hydrogens is 324 g/mol. The van der Waals surface area contributed by atoms with Crippen molar-refractivity contribution in [3.05, 3.63) is 47.8 Å². The molecule has 0 bridgehead atoms. The quantitative estimate of drug-likeness (QED) is 0.892. The van der Waals surface area contributed by atoms with E-state index in [2.05, 4.69) is 45.3 Å². The smallest absolute Gasteiger partial charge is 0.225 e. The molecule has 1 fully saturated rings. The van der Waals surface area contributed by atoms with Crippen molar-refractivity contribution in [2.45, 2.75) is 51.1 Å². The number of aryl methyl sites for hydroxylation is 1. The molecule has 0 aliphatic carbocycles. The largest absolute Gasteiger partial charge is 0.493 e. The highest BCUT2D eigenvalue weighted by atomic mass is 16.5. The molecule has 0 radical (unpaired) electrons. The minimum atomic E-state index is 0.409. The second kappa shape index (κ2) is 8.04. The zero-order chi connectivity index (χ0) is 17.8. The molecule has 1 N–H and O–H groups in total. The lowest BCUT2D eigenvalue weighted by Crippen LogP contribution is -2.44. The Bertz CT molecular complexity index is 713. The molecule has 4 rings (SSSR count). The maximum absolute atomic E-state index is 5.76. The van der Waals surface area contributed by atoms with Gasteiger partial charge in [-0.25, -0.2) is 9.97 Å². The lowest BCUT2D eigenvalue weighted by molar-refractivity contribution is 0.288. The molecule has 2 aliphatic rings. The fraction of sp³-hybridized carbons (Fsp3) is 0.524. The monoisotopic (exact) mass is 352 g/mol. The van der Waals surface area contributed by atoms with Crippen LogP contribution in [0.5, 0.6) is 5.75 Å². The zero-order valence-electron chi connectivity index (χ0n) is 15.5. The van der Waals surface area contributed by atoms with Crippen molar-refractivity contribution < 1.29 is 4.74 Å². The molecule has 1 atom stereocenters. The molecule has 5 heteroatoms. The minimum Gasteiger partial charge on any atom is -0.493 e. The number of anilines is 1. The van der Waals surface area contributed by atoms with Crippen LogP contribution >= 0.6 is 0 Å². The number of piperidine rings is 1. The predicted molar refractivity (Wildman–Crippen MR) is 104 cm³/mol. The summed E-state index contributed by atoms with van der Waals surface area (Å²) in [5.74, 6) is 1.93. The Morgan fingerprint density at radius 2 is 2.04 bits per heavy atom. The van der Waals surface area contributed by atoms with Crippen molar-refractivity contribution in [2.75, 3.05) is 24.6 Å². The molecule has 0 saturated carbocycles. The van der Waals surface area contributed by atoms with Crippen molar-refractivity contribution in [2.24, 2.45) is 0 Å². The molecule has 5 nitrogen and oxygen atoms in total. The van der Waals surface area contributed by atoms with Crippen molar-refractivity contribution in [3.8, 4) is 5.75 Å². The fourth-order valence-corrected chi connectivity index (χ4v) is 4.03. The third kappa shape index (κ3) is 3.83. The van der Waals surface area contributed by atoms with E-state index >= 15 is 0 Å². The van der Waals surface area contributed by atoms with E-state index in [1.165, 1.54) is 11.1 Å². The number of hydrogen-bond acceptors (Lipinski definition) is 5. The number of benzene rings is 1. The molecular formula is C21H28N4O. The number of fused-ring (bicyclic) bond motifs is 1. The van der Waals surface area contributed by atoms with Gasteiger partial charge in [-0.05, 0) is 55.4 Å². The number of hydrogen-bond donors (Lipinski definition) is 1. The summed E-state index contributed by atoms with van der Waals surface area (Å²) in [7, 11) is 0. The van der Waals surface area contributed by atoms with Gasteiger partial charge in [0.1, 0.15) is 5.75 Å². The lowest BCUT2D eigenvalue weighted by atomic mass is 9.96. The normalized spacial score (nSPS) is 18.9. The summed E-state index contributed by atoms with van der Waals surface area (Å²) >= 11 is 0. The van der Waals surface area contributed by atoms with Gasteiger partial charge in [0.25, 0.3) is 0 Å². The second-order valence-electron chi connectivity index (χ2n) is 7.26. The van der Waals surface area contributed by atoms with Gasteiger partial charge in [0.2, 0.25) is 5.95 Å². The highest BCUT2D eigenvalue weighted by Gasteiger charge is 2.23. The Morgan fingerprint density at radius 3 is 2.81 bits per heavy atom. The van der Waals surface area contributed by atoms with Crippen molar-refractivity contribution in [3.63, 3.8) is 0 Å². The van der Waals surface area contributed by atoms with Crippen LogP contribution in [0.1, 0.15) is 49.8 Å². The molecule has 1 saturated heterocycles. The summed E-state index contributed by atoms with van der Waals surface area (Å²) in [6.07, 6.45) is 9.25. The average molecular weight is 352 g/mol. The molecule has 138 valence electrons. The van der Waals surface area contributed by atoms with E-state index in [-0.39, 0.29) is 0 Å². The van der Waals surface area contributed by atoms with E-state index in [0.717, 1.165) is 63.5 Å². The molecule has 2 aliphatic heterocycles. The Morgan fingerprint density at radius 1 is 1.23 bits per heavy atom. The number of rotatable bonds is 5.